The Kier molecular flexibility index (Phi) is 6.78. The summed E-state index contributed by atoms with van der Waals surface area (Å²) in [4.78, 5) is 30.4. The largest absolute Gasteiger partial charge is 0.497 e. The van der Waals surface area contributed by atoms with E-state index in [0.29, 0.717) is 25.2 Å². The maximum Gasteiger partial charge on any atom is 0.253 e. The SMILES string of the molecule is COc1cccc([C@@H]2CN(C(=O)c3ccc(C)cc3)C[C@@H]2C(=O)N(C)Cc2ccccc2)c1. The molecule has 3 aromatic rings. The summed E-state index contributed by atoms with van der Waals surface area (Å²) >= 11 is 0. The lowest BCUT2D eigenvalue weighted by atomic mass is 9.88. The highest BCUT2D eigenvalue weighted by molar-refractivity contribution is 5.95. The summed E-state index contributed by atoms with van der Waals surface area (Å²) in [5.74, 6) is 0.342. The van der Waals surface area contributed by atoms with Crippen LogP contribution in [0.25, 0.3) is 0 Å². The fourth-order valence-electron chi connectivity index (χ4n) is 4.53. The third kappa shape index (κ3) is 5.08. The number of aryl methyl sites for hydroxylation is 1. The van der Waals surface area contributed by atoms with E-state index in [1.165, 1.54) is 0 Å². The van der Waals surface area contributed by atoms with E-state index in [1.807, 2.05) is 97.7 Å². The molecule has 0 unspecified atom stereocenters. The molecule has 5 heteroatoms. The first-order chi connectivity index (χ1) is 16.0. The van der Waals surface area contributed by atoms with Gasteiger partial charge in [0.1, 0.15) is 5.75 Å². The summed E-state index contributed by atoms with van der Waals surface area (Å²) in [5.41, 5.74) is 3.85. The third-order valence-corrected chi connectivity index (χ3v) is 6.38. The second-order valence-corrected chi connectivity index (χ2v) is 8.75. The van der Waals surface area contributed by atoms with Crippen LogP contribution in [0.4, 0.5) is 0 Å². The van der Waals surface area contributed by atoms with Gasteiger partial charge in [-0.15, -0.1) is 0 Å². The first kappa shape index (κ1) is 22.6. The van der Waals surface area contributed by atoms with Crippen LogP contribution in [-0.4, -0.2) is 48.9 Å². The van der Waals surface area contributed by atoms with E-state index in [-0.39, 0.29) is 23.7 Å². The minimum absolute atomic E-state index is 0.0380. The summed E-state index contributed by atoms with van der Waals surface area (Å²) in [7, 11) is 3.47. The van der Waals surface area contributed by atoms with Crippen LogP contribution in [0.1, 0.15) is 33.0 Å². The highest BCUT2D eigenvalue weighted by atomic mass is 16.5. The van der Waals surface area contributed by atoms with Crippen molar-refractivity contribution in [3.63, 3.8) is 0 Å². The molecular weight excluding hydrogens is 412 g/mol. The van der Waals surface area contributed by atoms with E-state index in [4.69, 9.17) is 4.74 Å². The Morgan fingerprint density at radius 1 is 0.970 bits per heavy atom. The number of carbonyl (C=O) groups is 2. The summed E-state index contributed by atoms with van der Waals surface area (Å²) in [6.45, 7) is 3.43. The molecule has 0 aliphatic carbocycles. The molecule has 0 radical (unpaired) electrons. The number of amides is 2. The van der Waals surface area contributed by atoms with Crippen molar-refractivity contribution in [2.45, 2.75) is 19.4 Å². The predicted molar refractivity (Wildman–Crippen MR) is 129 cm³/mol. The van der Waals surface area contributed by atoms with Gasteiger partial charge in [0, 0.05) is 38.2 Å². The Labute approximate surface area is 195 Å². The Balaban J connectivity index is 1.60. The van der Waals surface area contributed by atoms with Crippen LogP contribution in [0.3, 0.4) is 0 Å². The maximum absolute atomic E-state index is 13.6. The van der Waals surface area contributed by atoms with Gasteiger partial charge < -0.3 is 14.5 Å². The van der Waals surface area contributed by atoms with Crippen molar-refractivity contribution in [3.8, 4) is 5.75 Å². The molecule has 33 heavy (non-hydrogen) atoms. The van der Waals surface area contributed by atoms with E-state index < -0.39 is 0 Å². The number of rotatable bonds is 6. The van der Waals surface area contributed by atoms with E-state index in [2.05, 4.69) is 0 Å². The van der Waals surface area contributed by atoms with Crippen LogP contribution < -0.4 is 4.74 Å². The number of hydrogen-bond donors (Lipinski definition) is 0. The highest BCUT2D eigenvalue weighted by Gasteiger charge is 2.41. The van der Waals surface area contributed by atoms with Crippen LogP contribution in [0.2, 0.25) is 0 Å². The van der Waals surface area contributed by atoms with Gasteiger partial charge in [-0.05, 0) is 42.3 Å². The Morgan fingerprint density at radius 3 is 2.39 bits per heavy atom. The van der Waals surface area contributed by atoms with Crippen LogP contribution in [-0.2, 0) is 11.3 Å². The summed E-state index contributed by atoms with van der Waals surface area (Å²) < 4.78 is 5.42. The van der Waals surface area contributed by atoms with Crippen molar-refractivity contribution in [2.24, 2.45) is 5.92 Å². The van der Waals surface area contributed by atoms with E-state index in [1.54, 1.807) is 12.0 Å². The average Bonchev–Trinajstić information content (AvgIpc) is 3.30. The van der Waals surface area contributed by atoms with E-state index >= 15 is 0 Å². The molecule has 2 atom stereocenters. The number of ether oxygens (including phenoxy) is 1. The number of benzene rings is 3. The number of nitrogens with zero attached hydrogens (tertiary/aromatic N) is 2. The van der Waals surface area contributed by atoms with Crippen LogP contribution >= 0.6 is 0 Å². The highest BCUT2D eigenvalue weighted by Crippen LogP contribution is 2.36. The number of methoxy groups -OCH3 is 1. The number of likely N-dealkylation sites (tertiary alicyclic amines) is 1. The Hall–Kier alpha value is -3.60. The number of hydrogen-bond acceptors (Lipinski definition) is 3. The zero-order valence-electron chi connectivity index (χ0n) is 19.4. The minimum atomic E-state index is -0.319. The van der Waals surface area contributed by atoms with Gasteiger partial charge in [-0.25, -0.2) is 0 Å². The molecule has 1 aliphatic rings. The molecule has 5 nitrogen and oxygen atoms in total. The first-order valence-electron chi connectivity index (χ1n) is 11.2. The van der Waals surface area contributed by atoms with Gasteiger partial charge in [-0.3, -0.25) is 9.59 Å². The molecule has 170 valence electrons. The van der Waals surface area contributed by atoms with E-state index in [0.717, 1.165) is 22.4 Å². The molecule has 1 fully saturated rings. The standard InChI is InChI=1S/C28H30N2O3/c1-20-12-14-22(15-13-20)27(31)30-18-25(23-10-7-11-24(16-23)33-3)26(19-30)28(32)29(2)17-21-8-5-4-6-9-21/h4-16,25-26H,17-19H2,1-3H3/t25-,26-/m0/s1. The summed E-state index contributed by atoms with van der Waals surface area (Å²) in [6.07, 6.45) is 0. The molecule has 0 aromatic heterocycles. The van der Waals surface area contributed by atoms with Crippen molar-refractivity contribution in [1.29, 1.82) is 0 Å². The monoisotopic (exact) mass is 442 g/mol. The molecule has 0 N–H and O–H groups in total. The van der Waals surface area contributed by atoms with Crippen molar-refractivity contribution in [1.82, 2.24) is 9.80 Å². The zero-order valence-corrected chi connectivity index (χ0v) is 19.4. The quantitative estimate of drug-likeness (QED) is 0.564. The smallest absolute Gasteiger partial charge is 0.253 e. The van der Waals surface area contributed by atoms with Gasteiger partial charge in [-0.2, -0.15) is 0 Å². The Bertz CT molecular complexity index is 1110. The lowest BCUT2D eigenvalue weighted by Crippen LogP contribution is -2.36. The third-order valence-electron chi connectivity index (χ3n) is 6.38. The fraction of sp³-hybridized carbons (Fsp3) is 0.286. The summed E-state index contributed by atoms with van der Waals surface area (Å²) in [5, 5.41) is 0. The lowest BCUT2D eigenvalue weighted by molar-refractivity contribution is -0.134. The molecule has 0 saturated carbocycles. The lowest BCUT2D eigenvalue weighted by Gasteiger charge is -2.25. The van der Waals surface area contributed by atoms with Gasteiger partial charge in [-0.1, -0.05) is 60.2 Å². The zero-order chi connectivity index (χ0) is 23.4. The average molecular weight is 443 g/mol. The van der Waals surface area contributed by atoms with Gasteiger partial charge >= 0.3 is 0 Å². The molecule has 1 heterocycles. The van der Waals surface area contributed by atoms with Gasteiger partial charge in [0.15, 0.2) is 0 Å². The first-order valence-corrected chi connectivity index (χ1v) is 11.2. The van der Waals surface area contributed by atoms with Gasteiger partial charge in [0.25, 0.3) is 5.91 Å². The summed E-state index contributed by atoms with van der Waals surface area (Å²) in [6, 6.07) is 25.4. The fourth-order valence-corrected chi connectivity index (χ4v) is 4.53. The molecule has 1 aliphatic heterocycles. The van der Waals surface area contributed by atoms with Crippen molar-refractivity contribution >= 4 is 11.8 Å². The van der Waals surface area contributed by atoms with Gasteiger partial charge in [0.2, 0.25) is 5.91 Å². The maximum atomic E-state index is 13.6. The van der Waals surface area contributed by atoms with Crippen molar-refractivity contribution < 1.29 is 14.3 Å². The molecule has 3 aromatic carbocycles. The molecular formula is C28H30N2O3. The van der Waals surface area contributed by atoms with Crippen LogP contribution in [0, 0.1) is 12.8 Å². The normalized spacial score (nSPS) is 17.6. The minimum Gasteiger partial charge on any atom is -0.497 e. The predicted octanol–water partition coefficient (Wildman–Crippen LogP) is 4.52. The topological polar surface area (TPSA) is 49.9 Å². The second kappa shape index (κ2) is 9.90. The van der Waals surface area contributed by atoms with Gasteiger partial charge in [0.05, 0.1) is 13.0 Å². The molecule has 2 amide bonds. The van der Waals surface area contributed by atoms with Crippen molar-refractivity contribution in [2.75, 3.05) is 27.2 Å². The van der Waals surface area contributed by atoms with E-state index in [9.17, 15) is 9.59 Å². The molecule has 4 rings (SSSR count). The molecule has 0 bridgehead atoms. The van der Waals surface area contributed by atoms with Crippen LogP contribution in [0.15, 0.2) is 78.9 Å². The second-order valence-electron chi connectivity index (χ2n) is 8.75. The Morgan fingerprint density at radius 2 is 1.70 bits per heavy atom. The molecule has 0 spiro atoms. The van der Waals surface area contributed by atoms with Crippen LogP contribution in [0.5, 0.6) is 5.75 Å². The van der Waals surface area contributed by atoms with Crippen molar-refractivity contribution in [3.05, 3.63) is 101 Å². The molecule has 1 saturated heterocycles. The number of carbonyl (C=O) groups excluding carboxylic acids is 2.